The van der Waals surface area contributed by atoms with E-state index in [9.17, 15) is 0 Å². The summed E-state index contributed by atoms with van der Waals surface area (Å²) < 4.78 is 5.69. The number of pyridine rings is 1. The average Bonchev–Trinajstić information content (AvgIpc) is 2.63. The Morgan fingerprint density at radius 2 is 1.71 bits per heavy atom. The van der Waals surface area contributed by atoms with Crippen molar-refractivity contribution >= 4 is 5.69 Å². The Morgan fingerprint density at radius 3 is 2.46 bits per heavy atom. The number of nitrogens with one attached hydrogen (secondary N) is 1. The van der Waals surface area contributed by atoms with Crippen LogP contribution in [-0.4, -0.2) is 16.7 Å². The molecule has 0 saturated carbocycles. The first-order chi connectivity index (χ1) is 11.8. The number of ether oxygens (including phenoxy) is 1. The van der Waals surface area contributed by atoms with Gasteiger partial charge in [0.2, 0.25) is 5.88 Å². The van der Waals surface area contributed by atoms with E-state index >= 15 is 0 Å². The molecule has 4 nitrogen and oxygen atoms in total. The molecule has 3 aromatic rings. The van der Waals surface area contributed by atoms with E-state index < -0.39 is 0 Å². The molecule has 1 heterocycles. The monoisotopic (exact) mass is 320 g/mol. The fourth-order valence-electron chi connectivity index (χ4n) is 2.41. The molecular formula is C20H20N2O2. The van der Waals surface area contributed by atoms with Crippen molar-refractivity contribution in [2.75, 3.05) is 11.9 Å². The second-order valence-electron chi connectivity index (χ2n) is 5.40. The van der Waals surface area contributed by atoms with E-state index in [1.807, 2.05) is 66.7 Å². The number of para-hydroxylation sites is 2. The molecule has 1 aromatic heterocycles. The molecule has 0 aliphatic carbocycles. The Hall–Kier alpha value is -2.85. The average molecular weight is 320 g/mol. The van der Waals surface area contributed by atoms with Crippen LogP contribution in [0.25, 0.3) is 0 Å². The molecule has 0 saturated heterocycles. The van der Waals surface area contributed by atoms with Gasteiger partial charge in [0.05, 0.1) is 0 Å². The topological polar surface area (TPSA) is 54.4 Å². The van der Waals surface area contributed by atoms with Gasteiger partial charge in [-0.05, 0) is 35.7 Å². The highest BCUT2D eigenvalue weighted by Crippen LogP contribution is 2.20. The van der Waals surface area contributed by atoms with E-state index in [2.05, 4.69) is 10.3 Å². The fraction of sp³-hybridized carbons (Fsp3) is 0.150. The van der Waals surface area contributed by atoms with Crippen LogP contribution in [0.5, 0.6) is 11.6 Å². The van der Waals surface area contributed by atoms with Gasteiger partial charge in [0.15, 0.2) is 0 Å². The van der Waals surface area contributed by atoms with Crippen LogP contribution in [-0.2, 0) is 13.0 Å². The molecule has 0 aliphatic heterocycles. The zero-order valence-electron chi connectivity index (χ0n) is 13.4. The van der Waals surface area contributed by atoms with Gasteiger partial charge >= 0.3 is 0 Å². The minimum Gasteiger partial charge on any atom is -0.439 e. The van der Waals surface area contributed by atoms with Crippen LogP contribution < -0.4 is 10.1 Å². The molecule has 3 rings (SSSR count). The summed E-state index contributed by atoms with van der Waals surface area (Å²) in [6, 6.07) is 21.5. The lowest BCUT2D eigenvalue weighted by atomic mass is 10.1. The highest BCUT2D eigenvalue weighted by Gasteiger charge is 2.02. The Morgan fingerprint density at radius 1 is 0.917 bits per heavy atom. The number of hydrogen-bond acceptors (Lipinski definition) is 4. The van der Waals surface area contributed by atoms with Crippen molar-refractivity contribution in [3.05, 3.63) is 84.1 Å². The van der Waals surface area contributed by atoms with Gasteiger partial charge < -0.3 is 15.2 Å². The summed E-state index contributed by atoms with van der Waals surface area (Å²) in [7, 11) is 0. The molecule has 4 heteroatoms. The van der Waals surface area contributed by atoms with Gasteiger partial charge in [0.25, 0.3) is 0 Å². The Kier molecular flexibility index (Phi) is 5.43. The largest absolute Gasteiger partial charge is 0.439 e. The lowest BCUT2D eigenvalue weighted by Gasteiger charge is -2.11. The predicted octanol–water partition coefficient (Wildman–Crippen LogP) is 4.02. The quantitative estimate of drug-likeness (QED) is 0.690. The number of hydrogen-bond donors (Lipinski definition) is 2. The van der Waals surface area contributed by atoms with E-state index in [0.29, 0.717) is 18.8 Å². The van der Waals surface area contributed by atoms with Gasteiger partial charge in [0.1, 0.15) is 5.75 Å². The number of benzene rings is 2. The smallest absolute Gasteiger partial charge is 0.219 e. The zero-order valence-corrected chi connectivity index (χ0v) is 13.4. The van der Waals surface area contributed by atoms with Gasteiger partial charge in [0, 0.05) is 31.1 Å². The second-order valence-corrected chi connectivity index (χ2v) is 5.40. The first-order valence-corrected chi connectivity index (χ1v) is 7.95. The van der Waals surface area contributed by atoms with Gasteiger partial charge in [-0.2, -0.15) is 0 Å². The van der Waals surface area contributed by atoms with Crippen molar-refractivity contribution in [2.45, 2.75) is 13.0 Å². The van der Waals surface area contributed by atoms with Crippen LogP contribution in [0.15, 0.2) is 72.9 Å². The van der Waals surface area contributed by atoms with E-state index in [-0.39, 0.29) is 6.61 Å². The number of aliphatic hydroxyl groups is 1. The molecule has 0 bridgehead atoms. The summed E-state index contributed by atoms with van der Waals surface area (Å²) in [6.07, 6.45) is 2.45. The molecular weight excluding hydrogens is 300 g/mol. The van der Waals surface area contributed by atoms with Gasteiger partial charge in [-0.25, -0.2) is 4.98 Å². The third-order valence-electron chi connectivity index (χ3n) is 3.64. The molecule has 0 radical (unpaired) electrons. The molecule has 0 aliphatic rings. The van der Waals surface area contributed by atoms with Crippen molar-refractivity contribution < 1.29 is 9.84 Å². The highest BCUT2D eigenvalue weighted by molar-refractivity contribution is 5.51. The fourth-order valence-corrected chi connectivity index (χ4v) is 2.41. The van der Waals surface area contributed by atoms with Gasteiger partial charge in [-0.15, -0.1) is 0 Å². The van der Waals surface area contributed by atoms with Crippen molar-refractivity contribution in [3.8, 4) is 11.6 Å². The van der Waals surface area contributed by atoms with E-state index in [0.717, 1.165) is 22.6 Å². The number of nitrogens with zero attached hydrogens (tertiary/aromatic N) is 1. The maximum absolute atomic E-state index is 9.13. The summed E-state index contributed by atoms with van der Waals surface area (Å²) in [5.74, 6) is 1.35. The molecule has 2 aromatic carbocycles. The predicted molar refractivity (Wildman–Crippen MR) is 95.3 cm³/mol. The maximum Gasteiger partial charge on any atom is 0.219 e. The molecule has 0 atom stereocenters. The van der Waals surface area contributed by atoms with Crippen molar-refractivity contribution in [2.24, 2.45) is 0 Å². The summed E-state index contributed by atoms with van der Waals surface area (Å²) >= 11 is 0. The van der Waals surface area contributed by atoms with Crippen molar-refractivity contribution in [1.82, 2.24) is 4.98 Å². The van der Waals surface area contributed by atoms with Crippen LogP contribution in [0.1, 0.15) is 11.1 Å². The number of rotatable bonds is 7. The molecule has 0 spiro atoms. The summed E-state index contributed by atoms with van der Waals surface area (Å²) in [5.41, 5.74) is 3.21. The highest BCUT2D eigenvalue weighted by atomic mass is 16.5. The summed E-state index contributed by atoms with van der Waals surface area (Å²) in [5, 5.41) is 12.5. The molecule has 0 unspecified atom stereocenters. The van der Waals surface area contributed by atoms with Crippen LogP contribution in [0.2, 0.25) is 0 Å². The van der Waals surface area contributed by atoms with E-state index in [4.69, 9.17) is 9.84 Å². The Bertz CT molecular complexity index is 758. The standard InChI is InChI=1S/C20H20N2O2/c23-13-12-17-6-4-5-9-19(17)21-14-16-10-11-20(22-15-16)24-18-7-2-1-3-8-18/h1-11,15,21,23H,12-14H2. The molecule has 2 N–H and O–H groups in total. The molecule has 122 valence electrons. The minimum absolute atomic E-state index is 0.145. The SMILES string of the molecule is OCCc1ccccc1NCc1ccc(Oc2ccccc2)nc1. The van der Waals surface area contributed by atoms with Crippen LogP contribution in [0, 0.1) is 0 Å². The van der Waals surface area contributed by atoms with Gasteiger partial charge in [-0.3, -0.25) is 0 Å². The van der Waals surface area contributed by atoms with E-state index in [1.54, 1.807) is 6.20 Å². The van der Waals surface area contributed by atoms with Crippen molar-refractivity contribution in [1.29, 1.82) is 0 Å². The summed E-state index contributed by atoms with van der Waals surface area (Å²) in [4.78, 5) is 4.34. The van der Waals surface area contributed by atoms with Crippen LogP contribution >= 0.6 is 0 Å². The Labute approximate surface area is 141 Å². The van der Waals surface area contributed by atoms with Gasteiger partial charge in [-0.1, -0.05) is 42.5 Å². The third kappa shape index (κ3) is 4.33. The normalized spacial score (nSPS) is 10.4. The molecule has 0 amide bonds. The van der Waals surface area contributed by atoms with Crippen LogP contribution in [0.3, 0.4) is 0 Å². The number of aliphatic hydroxyl groups excluding tert-OH is 1. The third-order valence-corrected chi connectivity index (χ3v) is 3.64. The maximum atomic E-state index is 9.13. The number of aromatic nitrogens is 1. The second kappa shape index (κ2) is 8.13. The first kappa shape index (κ1) is 16.0. The molecule has 0 fully saturated rings. The summed E-state index contributed by atoms with van der Waals surface area (Å²) in [6.45, 7) is 0.812. The molecule has 24 heavy (non-hydrogen) atoms. The minimum atomic E-state index is 0.145. The lowest BCUT2D eigenvalue weighted by molar-refractivity contribution is 0.300. The number of anilines is 1. The first-order valence-electron chi connectivity index (χ1n) is 7.95. The zero-order chi connectivity index (χ0) is 16.6. The van der Waals surface area contributed by atoms with E-state index in [1.165, 1.54) is 0 Å². The Balaban J connectivity index is 1.60. The van der Waals surface area contributed by atoms with Crippen LogP contribution in [0.4, 0.5) is 5.69 Å². The lowest BCUT2D eigenvalue weighted by Crippen LogP contribution is -2.04. The van der Waals surface area contributed by atoms with Crippen molar-refractivity contribution in [3.63, 3.8) is 0 Å².